The van der Waals surface area contributed by atoms with E-state index in [1.165, 1.54) is 11.3 Å². The maximum Gasteiger partial charge on any atom is 0.279 e. The van der Waals surface area contributed by atoms with Crippen LogP contribution in [0, 0.1) is 13.8 Å². The number of carbonyl (C=O) groups is 1. The van der Waals surface area contributed by atoms with Gasteiger partial charge in [0.05, 0.1) is 31.0 Å². The zero-order chi connectivity index (χ0) is 20.3. The van der Waals surface area contributed by atoms with Crippen LogP contribution < -0.4 is 14.3 Å². The minimum absolute atomic E-state index is 0.255. The lowest BCUT2D eigenvalue weighted by Crippen LogP contribution is -2.19. The average Bonchev–Trinajstić information content (AvgIpc) is 3.00. The van der Waals surface area contributed by atoms with Crippen molar-refractivity contribution in [2.24, 2.45) is 4.99 Å². The lowest BCUT2D eigenvalue weighted by Gasteiger charge is -2.09. The molecule has 148 valence electrons. The number of fused-ring (bicyclic) bond motifs is 1. The van der Waals surface area contributed by atoms with Crippen LogP contribution in [0.5, 0.6) is 11.5 Å². The third kappa shape index (κ3) is 3.95. The van der Waals surface area contributed by atoms with Crippen LogP contribution in [0.2, 0.25) is 0 Å². The molecule has 7 heteroatoms. The third-order valence-corrected chi connectivity index (χ3v) is 5.56. The third-order valence-electron chi connectivity index (χ3n) is 4.52. The highest BCUT2D eigenvalue weighted by molar-refractivity contribution is 7.16. The summed E-state index contributed by atoms with van der Waals surface area (Å²) in [7, 11) is 4.85. The van der Waals surface area contributed by atoms with Crippen molar-refractivity contribution < 1.29 is 19.0 Å². The standard InChI is InChI=1S/C21H24N2O4S/c1-13-6-7-15(14(2)10-13)20(24)22-21-23(8-9-25-3)16-11-17(26-4)18(27-5)12-19(16)28-21/h6-7,10-12H,8-9H2,1-5H3. The van der Waals surface area contributed by atoms with Gasteiger partial charge in [-0.1, -0.05) is 29.0 Å². The highest BCUT2D eigenvalue weighted by Gasteiger charge is 2.14. The molecule has 0 aliphatic heterocycles. The number of hydrogen-bond acceptors (Lipinski definition) is 5. The van der Waals surface area contributed by atoms with E-state index in [4.69, 9.17) is 14.2 Å². The van der Waals surface area contributed by atoms with Gasteiger partial charge in [-0.3, -0.25) is 4.79 Å². The smallest absolute Gasteiger partial charge is 0.279 e. The number of rotatable bonds is 6. The van der Waals surface area contributed by atoms with Gasteiger partial charge in [0, 0.05) is 31.4 Å². The van der Waals surface area contributed by atoms with Crippen molar-refractivity contribution in [2.75, 3.05) is 27.9 Å². The van der Waals surface area contributed by atoms with Crippen LogP contribution >= 0.6 is 11.3 Å². The first-order valence-electron chi connectivity index (χ1n) is 8.89. The first-order valence-corrected chi connectivity index (χ1v) is 9.70. The Morgan fingerprint density at radius 2 is 1.79 bits per heavy atom. The predicted octanol–water partition coefficient (Wildman–Crippen LogP) is 3.72. The topological polar surface area (TPSA) is 62.1 Å². The van der Waals surface area contributed by atoms with Crippen molar-refractivity contribution in [3.05, 3.63) is 51.8 Å². The Hall–Kier alpha value is -2.64. The number of benzene rings is 2. The van der Waals surface area contributed by atoms with E-state index in [1.807, 2.05) is 48.7 Å². The Bertz CT molecular complexity index is 1080. The fourth-order valence-electron chi connectivity index (χ4n) is 3.08. The highest BCUT2D eigenvalue weighted by atomic mass is 32.1. The quantitative estimate of drug-likeness (QED) is 0.633. The van der Waals surface area contributed by atoms with Crippen LogP contribution in [0.1, 0.15) is 21.5 Å². The summed E-state index contributed by atoms with van der Waals surface area (Å²) in [4.78, 5) is 17.9. The van der Waals surface area contributed by atoms with Gasteiger partial charge in [-0.2, -0.15) is 4.99 Å². The Morgan fingerprint density at radius 1 is 1.07 bits per heavy atom. The number of methoxy groups -OCH3 is 3. The molecule has 0 fully saturated rings. The zero-order valence-electron chi connectivity index (χ0n) is 16.7. The fourth-order valence-corrected chi connectivity index (χ4v) is 4.15. The molecule has 28 heavy (non-hydrogen) atoms. The highest BCUT2D eigenvalue weighted by Crippen LogP contribution is 2.33. The van der Waals surface area contributed by atoms with E-state index >= 15 is 0 Å². The number of nitrogens with zero attached hydrogens (tertiary/aromatic N) is 2. The lowest BCUT2D eigenvalue weighted by atomic mass is 10.1. The first-order chi connectivity index (χ1) is 13.5. The number of aromatic nitrogens is 1. The molecule has 2 aromatic carbocycles. The van der Waals surface area contributed by atoms with Crippen molar-refractivity contribution in [2.45, 2.75) is 20.4 Å². The van der Waals surface area contributed by atoms with Crippen LogP contribution in [0.15, 0.2) is 35.3 Å². The number of amides is 1. The van der Waals surface area contributed by atoms with Gasteiger partial charge >= 0.3 is 0 Å². The van der Waals surface area contributed by atoms with E-state index in [0.717, 1.165) is 21.3 Å². The summed E-state index contributed by atoms with van der Waals surface area (Å²) >= 11 is 1.44. The number of carbonyl (C=O) groups excluding carboxylic acids is 1. The van der Waals surface area contributed by atoms with Crippen LogP contribution in [0.4, 0.5) is 0 Å². The largest absolute Gasteiger partial charge is 0.493 e. The molecule has 1 amide bonds. The van der Waals surface area contributed by atoms with E-state index in [9.17, 15) is 4.79 Å². The maximum absolute atomic E-state index is 12.8. The van der Waals surface area contributed by atoms with E-state index in [2.05, 4.69) is 4.99 Å². The Morgan fingerprint density at radius 3 is 2.43 bits per heavy atom. The van der Waals surface area contributed by atoms with Gasteiger partial charge in [0.1, 0.15) is 0 Å². The second kappa shape index (κ2) is 8.58. The molecule has 3 rings (SSSR count). The summed E-state index contributed by atoms with van der Waals surface area (Å²) in [6, 6.07) is 9.55. The average molecular weight is 401 g/mol. The molecule has 0 aliphatic carbocycles. The van der Waals surface area contributed by atoms with Crippen molar-refractivity contribution in [3.8, 4) is 11.5 Å². The monoisotopic (exact) mass is 400 g/mol. The van der Waals surface area contributed by atoms with Gasteiger partial charge in [-0.05, 0) is 25.5 Å². The SMILES string of the molecule is COCCn1c(=NC(=O)c2ccc(C)cc2C)sc2cc(OC)c(OC)cc21. The molecule has 1 aromatic heterocycles. The van der Waals surface area contributed by atoms with Gasteiger partial charge in [-0.15, -0.1) is 0 Å². The van der Waals surface area contributed by atoms with E-state index in [1.54, 1.807) is 21.3 Å². The normalized spacial score (nSPS) is 11.8. The van der Waals surface area contributed by atoms with Crippen molar-refractivity contribution in [1.82, 2.24) is 4.57 Å². The predicted molar refractivity (Wildman–Crippen MR) is 111 cm³/mol. The number of hydrogen-bond donors (Lipinski definition) is 0. The summed E-state index contributed by atoms with van der Waals surface area (Å²) in [5.41, 5.74) is 3.57. The molecule has 0 N–H and O–H groups in total. The van der Waals surface area contributed by atoms with Gasteiger partial charge < -0.3 is 18.8 Å². The minimum atomic E-state index is -0.255. The van der Waals surface area contributed by atoms with E-state index in [0.29, 0.717) is 35.0 Å². The van der Waals surface area contributed by atoms with Crippen LogP contribution in [-0.2, 0) is 11.3 Å². The van der Waals surface area contributed by atoms with Crippen LogP contribution in [0.3, 0.4) is 0 Å². The Labute approximate surface area is 168 Å². The maximum atomic E-state index is 12.8. The second-order valence-corrected chi connectivity index (χ2v) is 7.45. The summed E-state index contributed by atoms with van der Waals surface area (Å²) < 4.78 is 19.0. The van der Waals surface area contributed by atoms with Gasteiger partial charge in [0.25, 0.3) is 5.91 Å². The minimum Gasteiger partial charge on any atom is -0.493 e. The molecule has 6 nitrogen and oxygen atoms in total. The number of ether oxygens (including phenoxy) is 3. The molecule has 0 saturated carbocycles. The summed E-state index contributed by atoms with van der Waals surface area (Å²) in [6.07, 6.45) is 0. The Balaban J connectivity index is 2.17. The van der Waals surface area contributed by atoms with Crippen LogP contribution in [-0.4, -0.2) is 38.4 Å². The van der Waals surface area contributed by atoms with Crippen molar-refractivity contribution in [1.29, 1.82) is 0 Å². The molecule has 3 aromatic rings. The van der Waals surface area contributed by atoms with Gasteiger partial charge in [0.2, 0.25) is 0 Å². The molecule has 0 saturated heterocycles. The van der Waals surface area contributed by atoms with Gasteiger partial charge in [0.15, 0.2) is 16.3 Å². The molecular weight excluding hydrogens is 376 g/mol. The molecule has 0 unspecified atom stereocenters. The van der Waals surface area contributed by atoms with E-state index < -0.39 is 0 Å². The summed E-state index contributed by atoms with van der Waals surface area (Å²) in [5.74, 6) is 1.02. The first kappa shape index (κ1) is 20.1. The summed E-state index contributed by atoms with van der Waals surface area (Å²) in [6.45, 7) is 5.01. The van der Waals surface area contributed by atoms with E-state index in [-0.39, 0.29) is 5.91 Å². The molecule has 0 radical (unpaired) electrons. The zero-order valence-corrected chi connectivity index (χ0v) is 17.6. The fraction of sp³-hybridized carbons (Fsp3) is 0.333. The number of thiazole rings is 1. The Kier molecular flexibility index (Phi) is 6.16. The molecule has 1 heterocycles. The molecule has 0 bridgehead atoms. The number of aryl methyl sites for hydroxylation is 2. The summed E-state index contributed by atoms with van der Waals surface area (Å²) in [5, 5.41) is 0. The van der Waals surface area contributed by atoms with Gasteiger partial charge in [-0.25, -0.2) is 0 Å². The van der Waals surface area contributed by atoms with Crippen molar-refractivity contribution >= 4 is 27.5 Å². The molecular formula is C21H24N2O4S. The molecule has 0 spiro atoms. The lowest BCUT2D eigenvalue weighted by molar-refractivity contribution is 0.0996. The van der Waals surface area contributed by atoms with Crippen LogP contribution in [0.25, 0.3) is 10.2 Å². The molecule has 0 atom stereocenters. The molecule has 0 aliphatic rings. The van der Waals surface area contributed by atoms with Crippen molar-refractivity contribution in [3.63, 3.8) is 0 Å². The second-order valence-electron chi connectivity index (χ2n) is 6.44.